The van der Waals surface area contributed by atoms with Crippen LogP contribution in [0.2, 0.25) is 0 Å². The van der Waals surface area contributed by atoms with Crippen LogP contribution in [-0.4, -0.2) is 27.1 Å². The first-order chi connectivity index (χ1) is 12.0. The molecule has 0 aromatic heterocycles. The van der Waals surface area contributed by atoms with E-state index in [4.69, 9.17) is 14.2 Å². The van der Waals surface area contributed by atoms with Crippen LogP contribution in [-0.2, 0) is 4.79 Å². The second-order valence-electron chi connectivity index (χ2n) is 5.93. The number of hydrogen-bond donors (Lipinski definition) is 0. The van der Waals surface area contributed by atoms with Crippen LogP contribution in [0.5, 0.6) is 17.2 Å². The maximum absolute atomic E-state index is 10.5. The zero-order valence-electron chi connectivity index (χ0n) is 15.8. The average Bonchev–Trinajstić information content (AvgIpc) is 2.59. The summed E-state index contributed by atoms with van der Waals surface area (Å²) in [6.45, 7) is 6.75. The van der Waals surface area contributed by atoms with E-state index in [0.29, 0.717) is 23.9 Å². The van der Waals surface area contributed by atoms with Crippen LogP contribution >= 0.6 is 0 Å². The lowest BCUT2D eigenvalue weighted by Gasteiger charge is -2.14. The maximum atomic E-state index is 10.5. The molecule has 0 amide bonds. The van der Waals surface area contributed by atoms with Crippen molar-refractivity contribution in [2.75, 3.05) is 20.8 Å². The molecule has 0 aliphatic heterocycles. The Labute approximate surface area is 150 Å². The molecule has 1 aromatic carbocycles. The van der Waals surface area contributed by atoms with Gasteiger partial charge in [0.25, 0.3) is 0 Å². The summed E-state index contributed by atoms with van der Waals surface area (Å²) in [6.07, 6.45) is 10.2. The fourth-order valence-corrected chi connectivity index (χ4v) is 2.25. The molecule has 1 rings (SSSR count). The monoisotopic (exact) mass is 344 g/mol. The fraction of sp³-hybridized carbons (Fsp3) is 0.381. The highest BCUT2D eigenvalue weighted by Crippen LogP contribution is 2.39. The van der Waals surface area contributed by atoms with Gasteiger partial charge in [-0.05, 0) is 63.5 Å². The molecule has 0 atom stereocenters. The highest BCUT2D eigenvalue weighted by molar-refractivity contribution is 5.75. The maximum Gasteiger partial charge on any atom is 0.203 e. The number of hydrogen-bond acceptors (Lipinski definition) is 4. The first kappa shape index (κ1) is 20.6. The molecular formula is C21H28O4. The van der Waals surface area contributed by atoms with Gasteiger partial charge in [-0.25, -0.2) is 0 Å². The van der Waals surface area contributed by atoms with Crippen LogP contribution in [0.4, 0.5) is 0 Å². The number of methoxy groups -OCH3 is 2. The van der Waals surface area contributed by atoms with Crippen LogP contribution < -0.4 is 14.2 Å². The molecule has 0 spiro atoms. The Morgan fingerprint density at radius 2 is 1.68 bits per heavy atom. The van der Waals surface area contributed by atoms with Gasteiger partial charge in [-0.1, -0.05) is 23.3 Å². The first-order valence-electron chi connectivity index (χ1n) is 8.31. The molecule has 0 N–H and O–H groups in total. The number of allylic oxidation sites excluding steroid dienone is 4. The van der Waals surface area contributed by atoms with Gasteiger partial charge in [-0.15, -0.1) is 0 Å². The van der Waals surface area contributed by atoms with Crippen molar-refractivity contribution < 1.29 is 19.0 Å². The quantitative estimate of drug-likeness (QED) is 0.341. The fourth-order valence-electron chi connectivity index (χ4n) is 2.25. The van der Waals surface area contributed by atoms with Gasteiger partial charge in [0.2, 0.25) is 5.75 Å². The van der Waals surface area contributed by atoms with Crippen molar-refractivity contribution >= 4 is 12.4 Å². The summed E-state index contributed by atoms with van der Waals surface area (Å²) in [5, 5.41) is 0. The molecule has 0 bridgehead atoms. The number of ether oxygens (including phenoxy) is 3. The number of aldehydes is 1. The first-order valence-corrected chi connectivity index (χ1v) is 8.31. The van der Waals surface area contributed by atoms with Gasteiger partial charge in [-0.3, -0.25) is 4.79 Å². The lowest BCUT2D eigenvalue weighted by molar-refractivity contribution is -0.104. The Morgan fingerprint density at radius 3 is 2.20 bits per heavy atom. The van der Waals surface area contributed by atoms with Crippen LogP contribution in [0.25, 0.3) is 6.08 Å². The number of carbonyl (C=O) groups excluding carboxylic acids is 1. The molecule has 0 heterocycles. The molecule has 0 saturated carbocycles. The highest BCUT2D eigenvalue weighted by atomic mass is 16.5. The van der Waals surface area contributed by atoms with E-state index in [9.17, 15) is 4.79 Å². The summed E-state index contributed by atoms with van der Waals surface area (Å²) >= 11 is 0. The molecule has 0 aliphatic rings. The normalized spacial score (nSPS) is 11.3. The minimum Gasteiger partial charge on any atom is -0.493 e. The SMILES string of the molecule is COc1cc(/C=C\C=O)cc(OC)c1OC/C=C(\C)CCC=C(C)C. The van der Waals surface area contributed by atoms with Crippen molar-refractivity contribution in [1.82, 2.24) is 0 Å². The molecule has 1 aromatic rings. The summed E-state index contributed by atoms with van der Waals surface area (Å²) in [5.74, 6) is 1.70. The van der Waals surface area contributed by atoms with E-state index >= 15 is 0 Å². The van der Waals surface area contributed by atoms with Crippen molar-refractivity contribution in [3.63, 3.8) is 0 Å². The minimum absolute atomic E-state index is 0.441. The number of carbonyl (C=O) groups is 1. The lowest BCUT2D eigenvalue weighted by Crippen LogP contribution is -2.00. The third-order valence-electron chi connectivity index (χ3n) is 3.60. The molecule has 0 saturated heterocycles. The van der Waals surface area contributed by atoms with Crippen molar-refractivity contribution in [3.8, 4) is 17.2 Å². The van der Waals surface area contributed by atoms with E-state index in [0.717, 1.165) is 24.7 Å². The number of benzene rings is 1. The molecular weight excluding hydrogens is 316 g/mol. The highest BCUT2D eigenvalue weighted by Gasteiger charge is 2.13. The van der Waals surface area contributed by atoms with E-state index < -0.39 is 0 Å². The summed E-state index contributed by atoms with van der Waals surface area (Å²) in [6, 6.07) is 3.62. The summed E-state index contributed by atoms with van der Waals surface area (Å²) in [4.78, 5) is 10.5. The van der Waals surface area contributed by atoms with Gasteiger partial charge in [0.05, 0.1) is 14.2 Å². The zero-order chi connectivity index (χ0) is 18.7. The van der Waals surface area contributed by atoms with Gasteiger partial charge in [0.15, 0.2) is 11.5 Å². The van der Waals surface area contributed by atoms with E-state index in [-0.39, 0.29) is 0 Å². The van der Waals surface area contributed by atoms with E-state index in [1.54, 1.807) is 20.3 Å². The van der Waals surface area contributed by atoms with Gasteiger partial charge >= 0.3 is 0 Å². The molecule has 136 valence electrons. The molecule has 4 heteroatoms. The summed E-state index contributed by atoms with van der Waals surface area (Å²) in [7, 11) is 3.16. The van der Waals surface area contributed by atoms with E-state index in [2.05, 4.69) is 32.9 Å². The van der Waals surface area contributed by atoms with Crippen molar-refractivity contribution in [3.05, 3.63) is 47.1 Å². The Bertz CT molecular complexity index is 625. The van der Waals surface area contributed by atoms with Crippen LogP contribution in [0, 0.1) is 0 Å². The molecule has 0 aliphatic carbocycles. The topological polar surface area (TPSA) is 44.8 Å². The van der Waals surface area contributed by atoms with Gasteiger partial charge in [0, 0.05) is 0 Å². The smallest absolute Gasteiger partial charge is 0.203 e. The van der Waals surface area contributed by atoms with Crippen LogP contribution in [0.15, 0.2) is 41.5 Å². The van der Waals surface area contributed by atoms with E-state index in [1.165, 1.54) is 17.2 Å². The molecule has 0 unspecified atom stereocenters. The average molecular weight is 344 g/mol. The second kappa shape index (κ2) is 11.1. The predicted octanol–water partition coefficient (Wildman–Crippen LogP) is 4.99. The van der Waals surface area contributed by atoms with Gasteiger partial charge < -0.3 is 14.2 Å². The zero-order valence-corrected chi connectivity index (χ0v) is 15.8. The lowest BCUT2D eigenvalue weighted by atomic mass is 10.1. The molecule has 0 fully saturated rings. The van der Waals surface area contributed by atoms with Gasteiger partial charge in [-0.2, -0.15) is 0 Å². The standard InChI is InChI=1S/C21H28O4/c1-16(2)8-6-9-17(3)11-13-25-21-19(23-4)14-18(10-7-12-22)15-20(21)24-5/h7-8,10-12,14-15H,6,9,13H2,1-5H3/b10-7-,17-11+. The van der Waals surface area contributed by atoms with Crippen molar-refractivity contribution in [2.24, 2.45) is 0 Å². The van der Waals surface area contributed by atoms with Crippen molar-refractivity contribution in [1.29, 1.82) is 0 Å². The molecule has 0 radical (unpaired) electrons. The molecule has 4 nitrogen and oxygen atoms in total. The predicted molar refractivity (Wildman–Crippen MR) is 103 cm³/mol. The Balaban J connectivity index is 2.84. The van der Waals surface area contributed by atoms with Crippen LogP contribution in [0.3, 0.4) is 0 Å². The third kappa shape index (κ3) is 7.29. The Morgan fingerprint density at radius 1 is 1.04 bits per heavy atom. The van der Waals surface area contributed by atoms with E-state index in [1.807, 2.05) is 12.1 Å². The summed E-state index contributed by atoms with van der Waals surface area (Å²) in [5.41, 5.74) is 3.42. The minimum atomic E-state index is 0.441. The third-order valence-corrected chi connectivity index (χ3v) is 3.60. The van der Waals surface area contributed by atoms with Crippen LogP contribution in [0.1, 0.15) is 39.2 Å². The largest absolute Gasteiger partial charge is 0.493 e. The Hall–Kier alpha value is -2.49. The Kier molecular flexibility index (Phi) is 9.15. The van der Waals surface area contributed by atoms with Crippen molar-refractivity contribution in [2.45, 2.75) is 33.6 Å². The second-order valence-corrected chi connectivity index (χ2v) is 5.93. The molecule has 25 heavy (non-hydrogen) atoms. The summed E-state index contributed by atoms with van der Waals surface area (Å²) < 4.78 is 16.7. The van der Waals surface area contributed by atoms with Gasteiger partial charge in [0.1, 0.15) is 12.9 Å². The number of rotatable bonds is 10.